The van der Waals surface area contributed by atoms with Crippen molar-refractivity contribution in [1.82, 2.24) is 4.98 Å². The second-order valence-electron chi connectivity index (χ2n) is 7.84. The fourth-order valence-electron chi connectivity index (χ4n) is 3.77. The number of carbonyl (C=O) groups excluding carboxylic acids is 3. The SMILES string of the molecule is CCOC(=O)c1sc(N2C(=O)C(=O)C(=C(O)c3ccc(C)cc3)[C@@H]2c2ccc(Cl)c(Cl)c2)nc1C. The first-order chi connectivity index (χ1) is 16.6. The molecule has 10 heteroatoms. The number of hydrogen-bond acceptors (Lipinski definition) is 7. The number of nitrogens with zero attached hydrogens (tertiary/aromatic N) is 2. The van der Waals surface area contributed by atoms with E-state index in [4.69, 9.17) is 27.9 Å². The number of aliphatic hydroxyl groups is 1. The van der Waals surface area contributed by atoms with Crippen molar-refractivity contribution in [3.8, 4) is 0 Å². The summed E-state index contributed by atoms with van der Waals surface area (Å²) in [6.07, 6.45) is 0. The first-order valence-corrected chi connectivity index (χ1v) is 12.2. The molecule has 35 heavy (non-hydrogen) atoms. The first kappa shape index (κ1) is 24.9. The molecule has 1 atom stereocenters. The third-order valence-electron chi connectivity index (χ3n) is 5.48. The first-order valence-electron chi connectivity index (χ1n) is 10.6. The van der Waals surface area contributed by atoms with Crippen LogP contribution in [0, 0.1) is 13.8 Å². The van der Waals surface area contributed by atoms with Crippen LogP contribution in [0.3, 0.4) is 0 Å². The minimum atomic E-state index is -1.05. The van der Waals surface area contributed by atoms with Crippen LogP contribution < -0.4 is 4.90 Å². The van der Waals surface area contributed by atoms with E-state index >= 15 is 0 Å². The van der Waals surface area contributed by atoms with E-state index in [2.05, 4.69) is 4.98 Å². The predicted molar refractivity (Wildman–Crippen MR) is 135 cm³/mol. The van der Waals surface area contributed by atoms with Gasteiger partial charge in [-0.2, -0.15) is 0 Å². The third kappa shape index (κ3) is 4.57. The van der Waals surface area contributed by atoms with E-state index in [9.17, 15) is 19.5 Å². The maximum atomic E-state index is 13.3. The highest BCUT2D eigenvalue weighted by atomic mass is 35.5. The number of ketones is 1. The smallest absolute Gasteiger partial charge is 0.350 e. The number of ether oxygens (including phenoxy) is 1. The molecule has 0 aliphatic carbocycles. The molecule has 1 aliphatic rings. The number of halogens is 2. The van der Waals surface area contributed by atoms with Crippen molar-refractivity contribution in [3.63, 3.8) is 0 Å². The van der Waals surface area contributed by atoms with E-state index in [-0.39, 0.29) is 33.0 Å². The maximum Gasteiger partial charge on any atom is 0.350 e. The molecule has 4 rings (SSSR count). The fraction of sp³-hybridized carbons (Fsp3) is 0.200. The van der Waals surface area contributed by atoms with Crippen LogP contribution in [0.2, 0.25) is 10.0 Å². The summed E-state index contributed by atoms with van der Waals surface area (Å²) in [5.41, 5.74) is 2.02. The molecule has 1 fully saturated rings. The van der Waals surface area contributed by atoms with Crippen molar-refractivity contribution in [3.05, 3.63) is 85.3 Å². The second kappa shape index (κ2) is 9.81. The second-order valence-corrected chi connectivity index (χ2v) is 9.63. The van der Waals surface area contributed by atoms with Gasteiger partial charge in [0.05, 0.1) is 34.0 Å². The van der Waals surface area contributed by atoms with Gasteiger partial charge in [0.15, 0.2) is 5.13 Å². The summed E-state index contributed by atoms with van der Waals surface area (Å²) in [6, 6.07) is 10.5. The minimum Gasteiger partial charge on any atom is -0.507 e. The summed E-state index contributed by atoms with van der Waals surface area (Å²) >= 11 is 13.3. The van der Waals surface area contributed by atoms with Crippen LogP contribution in [0.5, 0.6) is 0 Å². The largest absolute Gasteiger partial charge is 0.507 e. The molecule has 0 radical (unpaired) electrons. The van der Waals surface area contributed by atoms with Gasteiger partial charge in [-0.05, 0) is 38.5 Å². The summed E-state index contributed by atoms with van der Waals surface area (Å²) in [4.78, 5) is 44.7. The molecule has 0 unspecified atom stereocenters. The highest BCUT2D eigenvalue weighted by molar-refractivity contribution is 7.17. The average Bonchev–Trinajstić information content (AvgIpc) is 3.33. The van der Waals surface area contributed by atoms with Crippen molar-refractivity contribution in [2.24, 2.45) is 0 Å². The van der Waals surface area contributed by atoms with E-state index in [0.717, 1.165) is 16.9 Å². The normalized spacial score (nSPS) is 17.2. The van der Waals surface area contributed by atoms with E-state index in [1.165, 1.54) is 11.0 Å². The number of amides is 1. The summed E-state index contributed by atoms with van der Waals surface area (Å²) in [7, 11) is 0. The number of rotatable bonds is 5. The van der Waals surface area contributed by atoms with E-state index in [1.807, 2.05) is 6.92 Å². The molecule has 0 saturated carbocycles. The van der Waals surface area contributed by atoms with Crippen molar-refractivity contribution in [2.75, 3.05) is 11.5 Å². The lowest BCUT2D eigenvalue weighted by Crippen LogP contribution is -2.29. The highest BCUT2D eigenvalue weighted by Crippen LogP contribution is 2.44. The molecule has 0 bridgehead atoms. The summed E-state index contributed by atoms with van der Waals surface area (Å²) in [5.74, 6) is -2.68. The molecular weight excluding hydrogens is 511 g/mol. The highest BCUT2D eigenvalue weighted by Gasteiger charge is 2.48. The molecule has 1 saturated heterocycles. The third-order valence-corrected chi connectivity index (χ3v) is 7.36. The van der Waals surface area contributed by atoms with Crippen LogP contribution in [0.1, 0.15) is 45.0 Å². The van der Waals surface area contributed by atoms with Gasteiger partial charge in [0, 0.05) is 5.56 Å². The Kier molecular flexibility index (Phi) is 6.98. The Morgan fingerprint density at radius 2 is 1.80 bits per heavy atom. The van der Waals surface area contributed by atoms with Crippen LogP contribution in [0.15, 0.2) is 48.0 Å². The zero-order valence-electron chi connectivity index (χ0n) is 19.0. The Morgan fingerprint density at radius 1 is 1.11 bits per heavy atom. The molecule has 180 valence electrons. The minimum absolute atomic E-state index is 0.117. The molecule has 2 aromatic carbocycles. The van der Waals surface area contributed by atoms with Gasteiger partial charge in [-0.15, -0.1) is 0 Å². The number of thiazole rings is 1. The number of anilines is 1. The summed E-state index contributed by atoms with van der Waals surface area (Å²) < 4.78 is 5.08. The van der Waals surface area contributed by atoms with E-state index in [1.54, 1.807) is 50.2 Å². The molecule has 1 aromatic heterocycles. The Balaban J connectivity index is 1.93. The predicted octanol–water partition coefficient (Wildman–Crippen LogP) is 5.87. The van der Waals surface area contributed by atoms with Gasteiger partial charge in [0.2, 0.25) is 0 Å². The van der Waals surface area contributed by atoms with Gasteiger partial charge >= 0.3 is 11.9 Å². The number of aromatic nitrogens is 1. The van der Waals surface area contributed by atoms with Gasteiger partial charge in [0.1, 0.15) is 10.6 Å². The Morgan fingerprint density at radius 3 is 2.43 bits per heavy atom. The maximum absolute atomic E-state index is 13.3. The summed E-state index contributed by atoms with van der Waals surface area (Å²) in [5, 5.41) is 11.8. The Hall–Kier alpha value is -3.20. The van der Waals surface area contributed by atoms with Crippen LogP contribution in [0.4, 0.5) is 5.13 Å². The molecule has 2 heterocycles. The fourth-order valence-corrected chi connectivity index (χ4v) is 5.06. The van der Waals surface area contributed by atoms with Crippen molar-refractivity contribution < 1.29 is 24.2 Å². The van der Waals surface area contributed by atoms with E-state index in [0.29, 0.717) is 21.8 Å². The lowest BCUT2D eigenvalue weighted by molar-refractivity contribution is -0.132. The van der Waals surface area contributed by atoms with Crippen molar-refractivity contribution >= 4 is 63.1 Å². The number of aliphatic hydroxyl groups excluding tert-OH is 1. The van der Waals surface area contributed by atoms with Crippen molar-refractivity contribution in [2.45, 2.75) is 26.8 Å². The topological polar surface area (TPSA) is 96.8 Å². The summed E-state index contributed by atoms with van der Waals surface area (Å²) in [6.45, 7) is 5.37. The van der Waals surface area contributed by atoms with Gasteiger partial charge in [-0.25, -0.2) is 9.78 Å². The lowest BCUT2D eigenvalue weighted by atomic mass is 9.95. The van der Waals surface area contributed by atoms with Gasteiger partial charge in [0.25, 0.3) is 5.78 Å². The van der Waals surface area contributed by atoms with Gasteiger partial charge < -0.3 is 9.84 Å². The molecule has 1 aliphatic heterocycles. The number of carbonyl (C=O) groups is 3. The molecule has 7 nitrogen and oxygen atoms in total. The lowest BCUT2D eigenvalue weighted by Gasteiger charge is -2.23. The number of hydrogen-bond donors (Lipinski definition) is 1. The van der Waals surface area contributed by atoms with Crippen LogP contribution >= 0.6 is 34.5 Å². The Bertz CT molecular complexity index is 1380. The van der Waals surface area contributed by atoms with E-state index < -0.39 is 23.7 Å². The molecular formula is C25H20Cl2N2O5S. The monoisotopic (exact) mass is 530 g/mol. The van der Waals surface area contributed by atoms with Crippen LogP contribution in [-0.4, -0.2) is 34.4 Å². The standard InChI is InChI=1S/C25H20Cl2N2O5S/c1-4-34-24(33)22-13(3)28-25(35-22)29-19(15-9-10-16(26)17(27)11-15)18(21(31)23(29)32)20(30)14-7-5-12(2)6-8-14/h5-11,19,30H,4H2,1-3H3/t19-/m0/s1. The quantitative estimate of drug-likeness (QED) is 0.192. The van der Waals surface area contributed by atoms with Crippen LogP contribution in [-0.2, 0) is 14.3 Å². The van der Waals surface area contributed by atoms with Crippen molar-refractivity contribution in [1.29, 1.82) is 0 Å². The van der Waals surface area contributed by atoms with Gasteiger partial charge in [-0.3, -0.25) is 14.5 Å². The number of Topliss-reactive ketones (excluding diaryl/α,β-unsaturated/α-hetero) is 1. The zero-order chi connectivity index (χ0) is 25.4. The average molecular weight is 531 g/mol. The Labute approximate surface area is 215 Å². The number of benzene rings is 2. The number of esters is 1. The van der Waals surface area contributed by atoms with Crippen LogP contribution in [0.25, 0.3) is 5.76 Å². The molecule has 0 spiro atoms. The zero-order valence-corrected chi connectivity index (χ0v) is 21.3. The molecule has 1 N–H and O–H groups in total. The number of aryl methyl sites for hydroxylation is 2. The molecule has 3 aromatic rings. The molecule has 1 amide bonds. The van der Waals surface area contributed by atoms with Gasteiger partial charge in [-0.1, -0.05) is 70.4 Å².